The second-order valence-electron chi connectivity index (χ2n) is 5.64. The predicted molar refractivity (Wildman–Crippen MR) is 71.6 cm³/mol. The van der Waals surface area contributed by atoms with Crippen LogP contribution in [0.2, 0.25) is 0 Å². The lowest BCUT2D eigenvalue weighted by Gasteiger charge is -2.24. The summed E-state index contributed by atoms with van der Waals surface area (Å²) < 4.78 is 13.2. The van der Waals surface area contributed by atoms with Crippen molar-refractivity contribution < 1.29 is 9.18 Å². The van der Waals surface area contributed by atoms with Gasteiger partial charge >= 0.3 is 0 Å². The van der Waals surface area contributed by atoms with Crippen molar-refractivity contribution in [3.63, 3.8) is 0 Å². The van der Waals surface area contributed by atoms with E-state index >= 15 is 0 Å². The van der Waals surface area contributed by atoms with Crippen molar-refractivity contribution in [2.45, 2.75) is 25.8 Å². The van der Waals surface area contributed by atoms with E-state index in [1.807, 2.05) is 4.90 Å². The molecule has 0 spiro atoms. The molecule has 3 nitrogen and oxygen atoms in total. The van der Waals surface area contributed by atoms with Crippen LogP contribution >= 0.6 is 0 Å². The number of hydrogen-bond donors (Lipinski definition) is 1. The van der Waals surface area contributed by atoms with Crippen LogP contribution in [0.25, 0.3) is 0 Å². The monoisotopic (exact) mass is 262 g/mol. The Hall–Kier alpha value is -1.42. The summed E-state index contributed by atoms with van der Waals surface area (Å²) in [4.78, 5) is 14.3. The minimum Gasteiger partial charge on any atom is -0.337 e. The molecule has 4 heteroatoms. The van der Waals surface area contributed by atoms with Gasteiger partial charge in [0.1, 0.15) is 5.82 Å². The molecule has 0 unspecified atom stereocenters. The van der Waals surface area contributed by atoms with Gasteiger partial charge in [0, 0.05) is 24.7 Å². The van der Waals surface area contributed by atoms with Crippen LogP contribution in [0.3, 0.4) is 0 Å². The Morgan fingerprint density at radius 1 is 1.42 bits per heavy atom. The summed E-state index contributed by atoms with van der Waals surface area (Å²) >= 11 is 0. The molecule has 0 saturated carbocycles. The Morgan fingerprint density at radius 2 is 2.26 bits per heavy atom. The zero-order valence-electron chi connectivity index (χ0n) is 11.2. The van der Waals surface area contributed by atoms with E-state index in [-0.39, 0.29) is 11.7 Å². The van der Waals surface area contributed by atoms with Gasteiger partial charge in [-0.15, -0.1) is 0 Å². The smallest absolute Gasteiger partial charge is 0.253 e. The van der Waals surface area contributed by atoms with E-state index < -0.39 is 0 Å². The van der Waals surface area contributed by atoms with Crippen LogP contribution in [0.1, 0.15) is 28.8 Å². The first-order valence-electron chi connectivity index (χ1n) is 6.94. The fraction of sp³-hybridized carbons (Fsp3) is 0.533. The van der Waals surface area contributed by atoms with Crippen molar-refractivity contribution in [2.75, 3.05) is 19.6 Å². The van der Waals surface area contributed by atoms with Gasteiger partial charge in [-0.05, 0) is 56.0 Å². The van der Waals surface area contributed by atoms with Crippen LogP contribution in [-0.2, 0) is 0 Å². The maximum absolute atomic E-state index is 13.2. The SMILES string of the molecule is Cc1cc(C(=O)N2C[C@@H]3CCCN[C@@H]3C2)ccc1F. The average molecular weight is 262 g/mol. The van der Waals surface area contributed by atoms with E-state index in [9.17, 15) is 9.18 Å². The molecule has 2 aliphatic heterocycles. The highest BCUT2D eigenvalue weighted by atomic mass is 19.1. The van der Waals surface area contributed by atoms with Crippen LogP contribution in [0.4, 0.5) is 4.39 Å². The van der Waals surface area contributed by atoms with E-state index in [2.05, 4.69) is 5.32 Å². The normalized spacial score (nSPS) is 26.3. The van der Waals surface area contributed by atoms with E-state index in [0.29, 0.717) is 23.1 Å². The van der Waals surface area contributed by atoms with Gasteiger partial charge in [0.25, 0.3) is 5.91 Å². The second-order valence-corrected chi connectivity index (χ2v) is 5.64. The number of aryl methyl sites for hydroxylation is 1. The lowest BCUT2D eigenvalue weighted by molar-refractivity contribution is 0.0785. The number of fused-ring (bicyclic) bond motifs is 1. The summed E-state index contributed by atoms with van der Waals surface area (Å²) in [5.41, 5.74) is 1.12. The summed E-state index contributed by atoms with van der Waals surface area (Å²) in [5.74, 6) is 0.354. The lowest BCUT2D eigenvalue weighted by Crippen LogP contribution is -2.41. The molecule has 0 aliphatic carbocycles. The molecule has 2 saturated heterocycles. The summed E-state index contributed by atoms with van der Waals surface area (Å²) in [6.07, 6.45) is 2.39. The Morgan fingerprint density at radius 3 is 3.00 bits per heavy atom. The minimum atomic E-state index is -0.256. The van der Waals surface area contributed by atoms with Crippen LogP contribution in [-0.4, -0.2) is 36.5 Å². The first-order chi connectivity index (χ1) is 9.15. The highest BCUT2D eigenvalue weighted by Gasteiger charge is 2.36. The van der Waals surface area contributed by atoms with Crippen molar-refractivity contribution in [2.24, 2.45) is 5.92 Å². The minimum absolute atomic E-state index is 0.0271. The largest absolute Gasteiger partial charge is 0.337 e. The molecule has 2 atom stereocenters. The molecule has 2 fully saturated rings. The molecule has 2 heterocycles. The molecule has 1 amide bonds. The first kappa shape index (κ1) is 12.6. The third kappa shape index (κ3) is 2.37. The van der Waals surface area contributed by atoms with Crippen molar-refractivity contribution in [1.82, 2.24) is 10.2 Å². The number of hydrogen-bond acceptors (Lipinski definition) is 2. The lowest BCUT2D eigenvalue weighted by atomic mass is 9.94. The highest BCUT2D eigenvalue weighted by Crippen LogP contribution is 2.26. The maximum Gasteiger partial charge on any atom is 0.253 e. The van der Waals surface area contributed by atoms with Crippen molar-refractivity contribution in [1.29, 1.82) is 0 Å². The van der Waals surface area contributed by atoms with Crippen LogP contribution in [0.5, 0.6) is 0 Å². The molecule has 1 aromatic carbocycles. The van der Waals surface area contributed by atoms with Crippen molar-refractivity contribution in [3.05, 3.63) is 35.1 Å². The van der Waals surface area contributed by atoms with Crippen molar-refractivity contribution >= 4 is 5.91 Å². The van der Waals surface area contributed by atoms with E-state index in [1.165, 1.54) is 18.9 Å². The number of nitrogens with one attached hydrogen (secondary N) is 1. The number of halogens is 1. The maximum atomic E-state index is 13.2. The van der Waals surface area contributed by atoms with Crippen LogP contribution < -0.4 is 5.32 Å². The number of benzene rings is 1. The zero-order valence-corrected chi connectivity index (χ0v) is 11.2. The Labute approximate surface area is 112 Å². The number of amides is 1. The molecule has 19 heavy (non-hydrogen) atoms. The third-order valence-electron chi connectivity index (χ3n) is 4.29. The topological polar surface area (TPSA) is 32.3 Å². The molecule has 1 aromatic rings. The van der Waals surface area contributed by atoms with Gasteiger partial charge in [0.15, 0.2) is 0 Å². The molecule has 0 bridgehead atoms. The average Bonchev–Trinajstić information content (AvgIpc) is 2.85. The number of carbonyl (C=O) groups excluding carboxylic acids is 1. The summed E-state index contributed by atoms with van der Waals surface area (Å²) in [7, 11) is 0. The predicted octanol–water partition coefficient (Wildman–Crippen LogP) is 1.96. The quantitative estimate of drug-likeness (QED) is 0.839. The van der Waals surface area contributed by atoms with Gasteiger partial charge in [-0.1, -0.05) is 0 Å². The molecular formula is C15H19FN2O. The molecule has 1 N–H and O–H groups in total. The van der Waals surface area contributed by atoms with Gasteiger partial charge < -0.3 is 10.2 Å². The van der Waals surface area contributed by atoms with Gasteiger partial charge in [-0.25, -0.2) is 4.39 Å². The number of likely N-dealkylation sites (tertiary alicyclic amines) is 1. The van der Waals surface area contributed by atoms with Crippen molar-refractivity contribution in [3.8, 4) is 0 Å². The number of piperidine rings is 1. The first-order valence-corrected chi connectivity index (χ1v) is 6.94. The highest BCUT2D eigenvalue weighted by molar-refractivity contribution is 5.94. The zero-order chi connectivity index (χ0) is 13.4. The Bertz CT molecular complexity index is 489. The molecular weight excluding hydrogens is 243 g/mol. The standard InChI is InChI=1S/C15H19FN2O/c1-10-7-11(4-5-13(10)16)15(19)18-8-12-3-2-6-17-14(12)9-18/h4-5,7,12,14,17H,2-3,6,8-9H2,1H3/t12-,14+/m0/s1. The summed E-state index contributed by atoms with van der Waals surface area (Å²) in [5, 5.41) is 3.48. The summed E-state index contributed by atoms with van der Waals surface area (Å²) in [6.45, 7) is 4.35. The third-order valence-corrected chi connectivity index (χ3v) is 4.29. The van der Waals surface area contributed by atoms with Crippen LogP contribution in [0, 0.1) is 18.7 Å². The molecule has 102 valence electrons. The number of nitrogens with zero attached hydrogens (tertiary/aromatic N) is 1. The molecule has 0 aromatic heterocycles. The molecule has 3 rings (SSSR count). The second kappa shape index (κ2) is 4.93. The van der Waals surface area contributed by atoms with E-state index in [1.54, 1.807) is 19.1 Å². The van der Waals surface area contributed by atoms with Gasteiger partial charge in [0.05, 0.1) is 0 Å². The molecule has 0 radical (unpaired) electrons. The number of carbonyl (C=O) groups is 1. The number of rotatable bonds is 1. The van der Waals surface area contributed by atoms with Gasteiger partial charge in [0.2, 0.25) is 0 Å². The summed E-state index contributed by atoms with van der Waals surface area (Å²) in [6, 6.07) is 5.05. The van der Waals surface area contributed by atoms with E-state index in [4.69, 9.17) is 0 Å². The fourth-order valence-corrected chi connectivity index (χ4v) is 3.17. The Kier molecular flexibility index (Phi) is 3.27. The Balaban J connectivity index is 1.75. The van der Waals surface area contributed by atoms with E-state index in [0.717, 1.165) is 19.6 Å². The fourth-order valence-electron chi connectivity index (χ4n) is 3.17. The van der Waals surface area contributed by atoms with Gasteiger partial charge in [-0.2, -0.15) is 0 Å². The molecule has 2 aliphatic rings. The van der Waals surface area contributed by atoms with Crippen LogP contribution in [0.15, 0.2) is 18.2 Å². The van der Waals surface area contributed by atoms with Gasteiger partial charge in [-0.3, -0.25) is 4.79 Å².